The van der Waals surface area contributed by atoms with Crippen molar-refractivity contribution in [1.29, 1.82) is 0 Å². The summed E-state index contributed by atoms with van der Waals surface area (Å²) in [4.78, 5) is 12.6. The zero-order valence-electron chi connectivity index (χ0n) is 19.3. The maximum absolute atomic E-state index is 12.6. The van der Waals surface area contributed by atoms with Gasteiger partial charge in [0.15, 0.2) is 11.0 Å². The van der Waals surface area contributed by atoms with Crippen LogP contribution >= 0.6 is 46.6 Å². The summed E-state index contributed by atoms with van der Waals surface area (Å²) < 4.78 is 1.92. The van der Waals surface area contributed by atoms with Gasteiger partial charge >= 0.3 is 0 Å². The number of benzene rings is 3. The van der Waals surface area contributed by atoms with Gasteiger partial charge in [-0.1, -0.05) is 91.6 Å². The van der Waals surface area contributed by atoms with E-state index in [1.165, 1.54) is 17.3 Å². The predicted molar refractivity (Wildman–Crippen MR) is 146 cm³/mol. The van der Waals surface area contributed by atoms with Gasteiger partial charge in [-0.15, -0.1) is 10.2 Å². The van der Waals surface area contributed by atoms with Crippen LogP contribution in [0.5, 0.6) is 0 Å². The molecule has 3 aromatic carbocycles. The molecule has 0 aliphatic carbocycles. The maximum atomic E-state index is 12.6. The van der Waals surface area contributed by atoms with E-state index in [0.717, 1.165) is 11.3 Å². The number of carbonyl (C=O) groups excluding carboxylic acids is 1. The Balaban J connectivity index is 1.62. The second-order valence-corrected chi connectivity index (χ2v) is 11.1. The standard InChI is InChI=1S/C26H23Cl3N4OS/c1-26(2,3)17-6-4-16(5-7-17)24-31-32-25(33(24)20-11-8-18(27)9-12-20)35-15-23(34)30-22-14-19(28)10-13-21(22)29/h4-14H,15H2,1-3H3,(H,30,34). The number of rotatable bonds is 6. The predicted octanol–water partition coefficient (Wildman–Crippen LogP) is 7.92. The zero-order chi connectivity index (χ0) is 25.2. The minimum atomic E-state index is -0.235. The molecule has 0 radical (unpaired) electrons. The topological polar surface area (TPSA) is 59.8 Å². The first-order valence-corrected chi connectivity index (χ1v) is 12.9. The first-order valence-electron chi connectivity index (χ1n) is 10.8. The van der Waals surface area contributed by atoms with E-state index < -0.39 is 0 Å². The second kappa shape index (κ2) is 10.6. The first kappa shape index (κ1) is 25.6. The highest BCUT2D eigenvalue weighted by molar-refractivity contribution is 7.99. The molecular weight excluding hydrogens is 523 g/mol. The molecule has 9 heteroatoms. The average Bonchev–Trinajstić information content (AvgIpc) is 3.24. The van der Waals surface area contributed by atoms with Crippen molar-refractivity contribution in [3.63, 3.8) is 0 Å². The Morgan fingerprint density at radius 3 is 2.23 bits per heavy atom. The highest BCUT2D eigenvalue weighted by atomic mass is 35.5. The van der Waals surface area contributed by atoms with Gasteiger partial charge in [0, 0.05) is 21.3 Å². The molecule has 4 aromatic rings. The summed E-state index contributed by atoms with van der Waals surface area (Å²) in [5.74, 6) is 0.548. The lowest BCUT2D eigenvalue weighted by Gasteiger charge is -2.19. The third-order valence-electron chi connectivity index (χ3n) is 5.26. The monoisotopic (exact) mass is 544 g/mol. The van der Waals surface area contributed by atoms with Gasteiger partial charge in [-0.05, 0) is 53.4 Å². The molecule has 1 N–H and O–H groups in total. The number of carbonyl (C=O) groups is 1. The summed E-state index contributed by atoms with van der Waals surface area (Å²) in [6, 6.07) is 20.6. The van der Waals surface area contributed by atoms with Gasteiger partial charge in [0.1, 0.15) is 0 Å². The lowest BCUT2D eigenvalue weighted by atomic mass is 9.87. The summed E-state index contributed by atoms with van der Waals surface area (Å²) in [6.45, 7) is 6.53. The molecule has 0 unspecified atom stereocenters. The molecule has 0 spiro atoms. The van der Waals surface area contributed by atoms with Crippen LogP contribution in [0.4, 0.5) is 5.69 Å². The number of aromatic nitrogens is 3. The summed E-state index contributed by atoms with van der Waals surface area (Å²) in [5, 5.41) is 13.7. The number of thioether (sulfide) groups is 1. The van der Waals surface area contributed by atoms with Crippen molar-refractivity contribution >= 4 is 58.2 Å². The Morgan fingerprint density at radius 1 is 0.914 bits per heavy atom. The van der Waals surface area contributed by atoms with E-state index in [1.54, 1.807) is 18.2 Å². The van der Waals surface area contributed by atoms with Crippen LogP contribution in [0.25, 0.3) is 17.1 Å². The molecule has 0 saturated carbocycles. The number of hydrogen-bond donors (Lipinski definition) is 1. The molecule has 4 rings (SSSR count). The minimum Gasteiger partial charge on any atom is -0.324 e. The molecule has 180 valence electrons. The van der Waals surface area contributed by atoms with E-state index in [-0.39, 0.29) is 17.1 Å². The van der Waals surface area contributed by atoms with Gasteiger partial charge in [-0.3, -0.25) is 9.36 Å². The molecule has 0 saturated heterocycles. The van der Waals surface area contributed by atoms with Gasteiger partial charge in [-0.2, -0.15) is 0 Å². The van der Waals surface area contributed by atoms with E-state index in [2.05, 4.69) is 48.4 Å². The van der Waals surface area contributed by atoms with Crippen LogP contribution in [-0.2, 0) is 10.2 Å². The molecule has 0 bridgehead atoms. The van der Waals surface area contributed by atoms with E-state index in [4.69, 9.17) is 34.8 Å². The summed E-state index contributed by atoms with van der Waals surface area (Å²) >= 11 is 19.6. The largest absolute Gasteiger partial charge is 0.324 e. The number of amides is 1. The van der Waals surface area contributed by atoms with Crippen molar-refractivity contribution in [2.75, 3.05) is 11.1 Å². The third kappa shape index (κ3) is 6.19. The molecule has 0 aliphatic heterocycles. The second-order valence-electron chi connectivity index (χ2n) is 8.91. The van der Waals surface area contributed by atoms with Gasteiger partial charge in [0.2, 0.25) is 5.91 Å². The van der Waals surface area contributed by atoms with Crippen LogP contribution in [-0.4, -0.2) is 26.4 Å². The summed E-state index contributed by atoms with van der Waals surface area (Å²) in [7, 11) is 0. The lowest BCUT2D eigenvalue weighted by Crippen LogP contribution is -2.15. The molecule has 0 fully saturated rings. The molecule has 0 atom stereocenters. The Labute approximate surface area is 223 Å². The third-order valence-corrected chi connectivity index (χ3v) is 7.01. The number of halogens is 3. The van der Waals surface area contributed by atoms with Crippen LogP contribution in [0.2, 0.25) is 15.1 Å². The van der Waals surface area contributed by atoms with Crippen LogP contribution < -0.4 is 5.32 Å². The van der Waals surface area contributed by atoms with Crippen molar-refractivity contribution in [1.82, 2.24) is 14.8 Å². The molecule has 1 amide bonds. The van der Waals surface area contributed by atoms with Crippen molar-refractivity contribution in [2.24, 2.45) is 0 Å². The zero-order valence-corrected chi connectivity index (χ0v) is 22.4. The molecule has 35 heavy (non-hydrogen) atoms. The highest BCUT2D eigenvalue weighted by Gasteiger charge is 2.19. The van der Waals surface area contributed by atoms with Crippen LogP contribution in [0.1, 0.15) is 26.3 Å². The fourth-order valence-electron chi connectivity index (χ4n) is 3.40. The maximum Gasteiger partial charge on any atom is 0.234 e. The Hall–Kier alpha value is -2.51. The fraction of sp³-hybridized carbons (Fsp3) is 0.192. The smallest absolute Gasteiger partial charge is 0.234 e. The Morgan fingerprint density at radius 2 is 1.57 bits per heavy atom. The quantitative estimate of drug-likeness (QED) is 0.250. The molecule has 0 aliphatic rings. The molecule has 5 nitrogen and oxygen atoms in total. The average molecular weight is 546 g/mol. The van der Waals surface area contributed by atoms with Crippen molar-refractivity contribution in [3.05, 3.63) is 87.4 Å². The lowest BCUT2D eigenvalue weighted by molar-refractivity contribution is -0.113. The number of hydrogen-bond acceptors (Lipinski definition) is 4. The number of nitrogens with one attached hydrogen (secondary N) is 1. The van der Waals surface area contributed by atoms with Gasteiger partial charge in [-0.25, -0.2) is 0 Å². The van der Waals surface area contributed by atoms with E-state index in [1.807, 2.05) is 41.0 Å². The Bertz CT molecular complexity index is 1350. The summed E-state index contributed by atoms with van der Waals surface area (Å²) in [6.07, 6.45) is 0. The van der Waals surface area contributed by atoms with Crippen molar-refractivity contribution < 1.29 is 4.79 Å². The molecule has 1 aromatic heterocycles. The van der Waals surface area contributed by atoms with Gasteiger partial charge < -0.3 is 5.32 Å². The van der Waals surface area contributed by atoms with E-state index in [9.17, 15) is 4.79 Å². The van der Waals surface area contributed by atoms with Crippen LogP contribution in [0.3, 0.4) is 0 Å². The van der Waals surface area contributed by atoms with Crippen molar-refractivity contribution in [3.8, 4) is 17.1 Å². The van der Waals surface area contributed by atoms with Crippen molar-refractivity contribution in [2.45, 2.75) is 31.3 Å². The number of nitrogens with zero attached hydrogens (tertiary/aromatic N) is 3. The molecular formula is C26H23Cl3N4OS. The normalized spacial score (nSPS) is 11.5. The SMILES string of the molecule is CC(C)(C)c1ccc(-c2nnc(SCC(=O)Nc3cc(Cl)ccc3Cl)n2-c2ccc(Cl)cc2)cc1. The van der Waals surface area contributed by atoms with Crippen LogP contribution in [0, 0.1) is 0 Å². The Kier molecular flexibility index (Phi) is 7.77. The van der Waals surface area contributed by atoms with Crippen LogP contribution in [0.15, 0.2) is 71.9 Å². The fourth-order valence-corrected chi connectivity index (χ4v) is 4.62. The molecule has 1 heterocycles. The van der Waals surface area contributed by atoms with E-state index in [0.29, 0.717) is 31.7 Å². The van der Waals surface area contributed by atoms with Gasteiger partial charge in [0.05, 0.1) is 16.5 Å². The highest BCUT2D eigenvalue weighted by Crippen LogP contribution is 2.31. The number of anilines is 1. The first-order chi connectivity index (χ1) is 16.6. The van der Waals surface area contributed by atoms with Gasteiger partial charge in [0.25, 0.3) is 0 Å². The minimum absolute atomic E-state index is 0.0443. The summed E-state index contributed by atoms with van der Waals surface area (Å²) in [5.41, 5.74) is 3.49. The van der Waals surface area contributed by atoms with E-state index >= 15 is 0 Å².